The number of hydrogen-bond donors (Lipinski definition) is 1. The van der Waals surface area contributed by atoms with Crippen molar-refractivity contribution in [1.29, 1.82) is 0 Å². The average molecular weight is 392 g/mol. The molecule has 0 aromatic heterocycles. The summed E-state index contributed by atoms with van der Waals surface area (Å²) >= 11 is 3.32. The van der Waals surface area contributed by atoms with E-state index in [4.69, 9.17) is 4.74 Å². The fraction of sp³-hybridized carbons (Fsp3) is 0.125. The lowest BCUT2D eigenvalue weighted by Crippen LogP contribution is -2.33. The number of rotatable bonds is 6. The van der Waals surface area contributed by atoms with Crippen LogP contribution in [-0.4, -0.2) is 23.1 Å². The molecule has 0 aliphatic rings. The number of nitrogens with one attached hydrogen (secondary N) is 1. The van der Waals surface area contributed by atoms with Gasteiger partial charge in [0.05, 0.1) is 11.1 Å². The van der Waals surface area contributed by atoms with Crippen LogP contribution in [0.15, 0.2) is 58.1 Å². The highest BCUT2D eigenvalue weighted by Crippen LogP contribution is 2.18. The van der Waals surface area contributed by atoms with E-state index in [1.165, 1.54) is 30.5 Å². The summed E-state index contributed by atoms with van der Waals surface area (Å²) < 4.78 is 6.36. The summed E-state index contributed by atoms with van der Waals surface area (Å²) in [5.41, 5.74) is 2.98. The fourth-order valence-corrected chi connectivity index (χ4v) is 2.12. The van der Waals surface area contributed by atoms with E-state index < -0.39 is 16.9 Å². The van der Waals surface area contributed by atoms with E-state index in [-0.39, 0.29) is 5.69 Å². The molecule has 0 saturated carbocycles. The van der Waals surface area contributed by atoms with Crippen LogP contribution < -0.4 is 10.2 Å². The number of carbonyl (C=O) groups is 1. The molecular weight excluding hydrogens is 378 g/mol. The van der Waals surface area contributed by atoms with Gasteiger partial charge in [0, 0.05) is 16.6 Å². The van der Waals surface area contributed by atoms with Crippen molar-refractivity contribution in [2.24, 2.45) is 5.10 Å². The molecule has 0 heterocycles. The number of halogens is 1. The van der Waals surface area contributed by atoms with Gasteiger partial charge in [0.15, 0.2) is 6.10 Å². The molecule has 0 aliphatic carbocycles. The Labute approximate surface area is 146 Å². The van der Waals surface area contributed by atoms with E-state index in [0.29, 0.717) is 11.3 Å². The van der Waals surface area contributed by atoms with Crippen molar-refractivity contribution in [3.63, 3.8) is 0 Å². The third kappa shape index (κ3) is 5.17. The van der Waals surface area contributed by atoms with Gasteiger partial charge in [0.25, 0.3) is 11.6 Å². The van der Waals surface area contributed by atoms with Crippen LogP contribution in [0.3, 0.4) is 0 Å². The van der Waals surface area contributed by atoms with Crippen LogP contribution in [0.1, 0.15) is 12.5 Å². The molecule has 0 saturated heterocycles. The van der Waals surface area contributed by atoms with Crippen molar-refractivity contribution < 1.29 is 14.5 Å². The topological polar surface area (TPSA) is 93.8 Å². The van der Waals surface area contributed by atoms with Gasteiger partial charge in [-0.15, -0.1) is 0 Å². The van der Waals surface area contributed by atoms with E-state index in [9.17, 15) is 14.9 Å². The standard InChI is InChI=1S/C16H14BrN3O4/c1-11(24-15-4-2-3-13(17)9-15)16(21)19-18-10-12-5-7-14(8-6-12)20(22)23/h2-11H,1H3,(H,19,21)/b18-10-/t11-/m1/s1. The molecular formula is C16H14BrN3O4. The molecule has 0 spiro atoms. The van der Waals surface area contributed by atoms with Gasteiger partial charge in [0.2, 0.25) is 0 Å². The number of hydrogen-bond acceptors (Lipinski definition) is 5. The van der Waals surface area contributed by atoms with Crippen molar-refractivity contribution in [3.05, 3.63) is 68.7 Å². The summed E-state index contributed by atoms with van der Waals surface area (Å²) in [6, 6.07) is 13.0. The Morgan fingerprint density at radius 2 is 2.04 bits per heavy atom. The third-order valence-electron chi connectivity index (χ3n) is 2.97. The molecule has 2 rings (SSSR count). The number of carbonyl (C=O) groups excluding carboxylic acids is 1. The second-order valence-electron chi connectivity index (χ2n) is 4.80. The third-order valence-corrected chi connectivity index (χ3v) is 3.46. The van der Waals surface area contributed by atoms with E-state index in [1.807, 2.05) is 6.07 Å². The van der Waals surface area contributed by atoms with Gasteiger partial charge in [-0.2, -0.15) is 5.10 Å². The van der Waals surface area contributed by atoms with Crippen molar-refractivity contribution in [2.45, 2.75) is 13.0 Å². The number of benzene rings is 2. The molecule has 0 fully saturated rings. The number of nitro groups is 1. The molecule has 124 valence electrons. The zero-order valence-corrected chi connectivity index (χ0v) is 14.3. The first kappa shape index (κ1) is 17.6. The smallest absolute Gasteiger partial charge is 0.280 e. The molecule has 0 unspecified atom stereocenters. The highest BCUT2D eigenvalue weighted by atomic mass is 79.9. The maximum Gasteiger partial charge on any atom is 0.280 e. The summed E-state index contributed by atoms with van der Waals surface area (Å²) in [5.74, 6) is 0.152. The lowest BCUT2D eigenvalue weighted by molar-refractivity contribution is -0.384. The predicted molar refractivity (Wildman–Crippen MR) is 93.1 cm³/mol. The van der Waals surface area contributed by atoms with Gasteiger partial charge < -0.3 is 4.74 Å². The van der Waals surface area contributed by atoms with E-state index in [2.05, 4.69) is 26.5 Å². The summed E-state index contributed by atoms with van der Waals surface area (Å²) in [7, 11) is 0. The maximum atomic E-state index is 11.9. The largest absolute Gasteiger partial charge is 0.481 e. The molecule has 0 aliphatic heterocycles. The highest BCUT2D eigenvalue weighted by Gasteiger charge is 2.13. The molecule has 24 heavy (non-hydrogen) atoms. The molecule has 0 radical (unpaired) electrons. The minimum absolute atomic E-state index is 0.00719. The van der Waals surface area contributed by atoms with Gasteiger partial charge in [-0.3, -0.25) is 14.9 Å². The summed E-state index contributed by atoms with van der Waals surface area (Å²) in [6.07, 6.45) is 0.668. The Hall–Kier alpha value is -2.74. The summed E-state index contributed by atoms with van der Waals surface area (Å²) in [5, 5.41) is 14.4. The van der Waals surface area contributed by atoms with Gasteiger partial charge in [0.1, 0.15) is 5.75 Å². The molecule has 1 amide bonds. The van der Waals surface area contributed by atoms with Crippen molar-refractivity contribution in [1.82, 2.24) is 5.43 Å². The monoisotopic (exact) mass is 391 g/mol. The Kier molecular flexibility index (Phi) is 6.02. The number of non-ortho nitro benzene ring substituents is 1. The first-order chi connectivity index (χ1) is 11.5. The Morgan fingerprint density at radius 3 is 2.67 bits per heavy atom. The minimum atomic E-state index is -0.728. The van der Waals surface area contributed by atoms with E-state index in [1.54, 1.807) is 25.1 Å². The highest BCUT2D eigenvalue weighted by molar-refractivity contribution is 9.10. The molecule has 2 aromatic carbocycles. The van der Waals surface area contributed by atoms with Crippen LogP contribution in [0.4, 0.5) is 5.69 Å². The number of hydrazone groups is 1. The van der Waals surface area contributed by atoms with E-state index in [0.717, 1.165) is 4.47 Å². The first-order valence-electron chi connectivity index (χ1n) is 6.95. The molecule has 1 atom stereocenters. The van der Waals surface area contributed by atoms with Crippen LogP contribution in [0.5, 0.6) is 5.75 Å². The van der Waals surface area contributed by atoms with Crippen LogP contribution in [0, 0.1) is 10.1 Å². The quantitative estimate of drug-likeness (QED) is 0.464. The van der Waals surface area contributed by atoms with Gasteiger partial charge in [-0.05, 0) is 42.8 Å². The number of nitro benzene ring substituents is 1. The van der Waals surface area contributed by atoms with Crippen LogP contribution in [0.2, 0.25) is 0 Å². The number of ether oxygens (including phenoxy) is 1. The summed E-state index contributed by atoms with van der Waals surface area (Å²) in [6.45, 7) is 1.61. The molecule has 7 nitrogen and oxygen atoms in total. The average Bonchev–Trinajstić information content (AvgIpc) is 2.55. The lowest BCUT2D eigenvalue weighted by Gasteiger charge is -2.12. The zero-order chi connectivity index (χ0) is 17.5. The molecule has 0 bridgehead atoms. The fourth-order valence-electron chi connectivity index (χ4n) is 1.74. The van der Waals surface area contributed by atoms with Gasteiger partial charge in [-0.1, -0.05) is 22.0 Å². The number of amides is 1. The predicted octanol–water partition coefficient (Wildman–Crippen LogP) is 3.27. The van der Waals surface area contributed by atoms with Crippen molar-refractivity contribution in [2.75, 3.05) is 0 Å². The maximum absolute atomic E-state index is 11.9. The normalized spacial score (nSPS) is 11.9. The zero-order valence-electron chi connectivity index (χ0n) is 12.7. The molecule has 1 N–H and O–H groups in total. The van der Waals surface area contributed by atoms with E-state index >= 15 is 0 Å². The van der Waals surface area contributed by atoms with Crippen molar-refractivity contribution in [3.8, 4) is 5.75 Å². The first-order valence-corrected chi connectivity index (χ1v) is 7.74. The Bertz CT molecular complexity index is 762. The van der Waals surface area contributed by atoms with Crippen LogP contribution in [0.25, 0.3) is 0 Å². The van der Waals surface area contributed by atoms with Crippen molar-refractivity contribution >= 4 is 33.7 Å². The molecule has 2 aromatic rings. The Balaban J connectivity index is 1.88. The van der Waals surface area contributed by atoms with Gasteiger partial charge in [-0.25, -0.2) is 5.43 Å². The van der Waals surface area contributed by atoms with Gasteiger partial charge >= 0.3 is 0 Å². The second kappa shape index (κ2) is 8.21. The summed E-state index contributed by atoms with van der Waals surface area (Å²) in [4.78, 5) is 22.0. The Morgan fingerprint density at radius 1 is 1.33 bits per heavy atom. The van der Waals surface area contributed by atoms with Crippen LogP contribution >= 0.6 is 15.9 Å². The minimum Gasteiger partial charge on any atom is -0.481 e. The lowest BCUT2D eigenvalue weighted by atomic mass is 10.2. The van der Waals surface area contributed by atoms with Crippen LogP contribution in [-0.2, 0) is 4.79 Å². The molecule has 8 heteroatoms. The second-order valence-corrected chi connectivity index (χ2v) is 5.72. The number of nitrogens with zero attached hydrogens (tertiary/aromatic N) is 2. The SMILES string of the molecule is C[C@@H](Oc1cccc(Br)c1)C(=O)N/N=C\c1ccc([N+](=O)[O-])cc1.